The third-order valence-corrected chi connectivity index (χ3v) is 1.36. The Morgan fingerprint density at radius 1 is 1.50 bits per heavy atom. The van der Waals surface area contributed by atoms with Crippen molar-refractivity contribution in [2.75, 3.05) is 6.07 Å². The van der Waals surface area contributed by atoms with Crippen LogP contribution in [-0.2, 0) is 14.3 Å². The zero-order chi connectivity index (χ0) is 9.56. The highest BCUT2D eigenvalue weighted by Crippen LogP contribution is 2.08. The van der Waals surface area contributed by atoms with E-state index in [1.165, 1.54) is 0 Å². The first-order chi connectivity index (χ1) is 5.56. The summed E-state index contributed by atoms with van der Waals surface area (Å²) in [5, 5.41) is 8.35. The standard InChI is InChI=1S/C7H11ClO4/c1-5(2-6(9)10)3-7(11)12-4-8/h5H,2-4H2,1H3,(H,9,10). The molecule has 0 saturated heterocycles. The van der Waals surface area contributed by atoms with Crippen molar-refractivity contribution in [2.45, 2.75) is 19.8 Å². The number of alkyl halides is 1. The molecule has 70 valence electrons. The molecule has 0 heterocycles. The fourth-order valence-corrected chi connectivity index (χ4v) is 0.896. The van der Waals surface area contributed by atoms with Gasteiger partial charge in [0.1, 0.15) is 0 Å². The molecule has 4 nitrogen and oxygen atoms in total. The molecule has 0 amide bonds. The number of carboxylic acid groups (broad SMARTS) is 1. The number of carboxylic acids is 1. The lowest BCUT2D eigenvalue weighted by Gasteiger charge is -2.06. The van der Waals surface area contributed by atoms with E-state index in [-0.39, 0.29) is 24.8 Å². The Balaban J connectivity index is 3.61. The number of carbonyl (C=O) groups excluding carboxylic acids is 1. The highest BCUT2D eigenvalue weighted by atomic mass is 35.5. The van der Waals surface area contributed by atoms with Crippen LogP contribution in [0.15, 0.2) is 0 Å². The lowest BCUT2D eigenvalue weighted by Crippen LogP contribution is -2.11. The van der Waals surface area contributed by atoms with Crippen molar-refractivity contribution < 1.29 is 19.4 Å². The van der Waals surface area contributed by atoms with E-state index < -0.39 is 11.9 Å². The van der Waals surface area contributed by atoms with Crippen molar-refractivity contribution in [1.29, 1.82) is 0 Å². The Labute approximate surface area is 75.5 Å². The molecule has 0 fully saturated rings. The topological polar surface area (TPSA) is 63.6 Å². The van der Waals surface area contributed by atoms with Gasteiger partial charge in [-0.2, -0.15) is 0 Å². The number of hydrogen-bond acceptors (Lipinski definition) is 3. The predicted molar refractivity (Wildman–Crippen MR) is 42.8 cm³/mol. The van der Waals surface area contributed by atoms with Crippen LogP contribution < -0.4 is 0 Å². The molecule has 0 rings (SSSR count). The van der Waals surface area contributed by atoms with Gasteiger partial charge in [-0.3, -0.25) is 9.59 Å². The van der Waals surface area contributed by atoms with E-state index in [0.29, 0.717) is 0 Å². The summed E-state index contributed by atoms with van der Waals surface area (Å²) in [4.78, 5) is 20.9. The number of ether oxygens (including phenoxy) is 1. The summed E-state index contributed by atoms with van der Waals surface area (Å²) in [6, 6.07) is -0.182. The lowest BCUT2D eigenvalue weighted by atomic mass is 10.0. The summed E-state index contributed by atoms with van der Waals surface area (Å²) in [5.41, 5.74) is 0. The van der Waals surface area contributed by atoms with E-state index in [9.17, 15) is 9.59 Å². The zero-order valence-corrected chi connectivity index (χ0v) is 7.50. The van der Waals surface area contributed by atoms with Gasteiger partial charge in [0.25, 0.3) is 0 Å². The van der Waals surface area contributed by atoms with Crippen LogP contribution in [0.25, 0.3) is 0 Å². The first kappa shape index (κ1) is 11.2. The molecule has 1 atom stereocenters. The van der Waals surface area contributed by atoms with Crippen LogP contribution >= 0.6 is 11.6 Å². The predicted octanol–water partition coefficient (Wildman–Crippen LogP) is 1.23. The van der Waals surface area contributed by atoms with Crippen LogP contribution in [0.3, 0.4) is 0 Å². The van der Waals surface area contributed by atoms with Crippen molar-refractivity contribution in [1.82, 2.24) is 0 Å². The molecule has 0 radical (unpaired) electrons. The molecule has 0 aromatic rings. The van der Waals surface area contributed by atoms with Gasteiger partial charge in [-0.05, 0) is 5.92 Å². The zero-order valence-electron chi connectivity index (χ0n) is 6.75. The average Bonchev–Trinajstić information content (AvgIpc) is 1.84. The smallest absolute Gasteiger partial charge is 0.307 e. The van der Waals surface area contributed by atoms with Gasteiger partial charge in [-0.25, -0.2) is 0 Å². The maximum Gasteiger partial charge on any atom is 0.307 e. The van der Waals surface area contributed by atoms with E-state index >= 15 is 0 Å². The summed E-state index contributed by atoms with van der Waals surface area (Å²) in [6.45, 7) is 1.67. The largest absolute Gasteiger partial charge is 0.481 e. The van der Waals surface area contributed by atoms with Crippen molar-refractivity contribution in [3.8, 4) is 0 Å². The highest BCUT2D eigenvalue weighted by molar-refractivity contribution is 6.17. The van der Waals surface area contributed by atoms with E-state index in [0.717, 1.165) is 0 Å². The van der Waals surface area contributed by atoms with Gasteiger partial charge in [-0.1, -0.05) is 18.5 Å². The first-order valence-corrected chi connectivity index (χ1v) is 4.03. The van der Waals surface area contributed by atoms with E-state index in [4.69, 9.17) is 16.7 Å². The second kappa shape index (κ2) is 5.83. The van der Waals surface area contributed by atoms with Crippen LogP contribution in [0.1, 0.15) is 19.8 Å². The minimum absolute atomic E-state index is 0.0304. The maximum absolute atomic E-state index is 10.7. The molecular formula is C7H11ClO4. The van der Waals surface area contributed by atoms with Gasteiger partial charge in [0.2, 0.25) is 0 Å². The summed E-state index contributed by atoms with van der Waals surface area (Å²) < 4.78 is 4.43. The van der Waals surface area contributed by atoms with Gasteiger partial charge in [-0.15, -0.1) is 0 Å². The van der Waals surface area contributed by atoms with Gasteiger partial charge >= 0.3 is 11.9 Å². The van der Waals surface area contributed by atoms with Crippen molar-refractivity contribution in [2.24, 2.45) is 5.92 Å². The van der Waals surface area contributed by atoms with Crippen LogP contribution in [0.2, 0.25) is 0 Å². The minimum Gasteiger partial charge on any atom is -0.481 e. The van der Waals surface area contributed by atoms with Gasteiger partial charge in [0.15, 0.2) is 6.07 Å². The fraction of sp³-hybridized carbons (Fsp3) is 0.714. The molecule has 1 N–H and O–H groups in total. The Morgan fingerprint density at radius 2 is 2.08 bits per heavy atom. The van der Waals surface area contributed by atoms with Gasteiger partial charge in [0, 0.05) is 12.8 Å². The van der Waals surface area contributed by atoms with Gasteiger partial charge < -0.3 is 9.84 Å². The summed E-state index contributed by atoms with van der Waals surface area (Å²) in [6.07, 6.45) is 0.0659. The molecule has 0 spiro atoms. The third-order valence-electron chi connectivity index (χ3n) is 1.25. The maximum atomic E-state index is 10.7. The minimum atomic E-state index is -0.916. The Bertz CT molecular complexity index is 169. The molecule has 0 aromatic carbocycles. The molecule has 0 saturated carbocycles. The SMILES string of the molecule is CC(CC(=O)O)CC(=O)OCCl. The number of aliphatic carboxylic acids is 1. The van der Waals surface area contributed by atoms with Crippen LogP contribution in [0.4, 0.5) is 0 Å². The molecule has 0 aliphatic rings. The quantitative estimate of drug-likeness (QED) is 0.528. The summed E-state index contributed by atoms with van der Waals surface area (Å²) in [5.74, 6) is -1.59. The second-order valence-electron chi connectivity index (χ2n) is 2.53. The fourth-order valence-electron chi connectivity index (χ4n) is 0.775. The second-order valence-corrected chi connectivity index (χ2v) is 2.75. The molecule has 1 unspecified atom stereocenters. The molecule has 0 aliphatic heterocycles. The summed E-state index contributed by atoms with van der Waals surface area (Å²) >= 11 is 5.13. The monoisotopic (exact) mass is 194 g/mol. The average molecular weight is 195 g/mol. The van der Waals surface area contributed by atoms with E-state index in [1.807, 2.05) is 0 Å². The Hall–Kier alpha value is -0.770. The molecule has 0 aromatic heterocycles. The van der Waals surface area contributed by atoms with Crippen molar-refractivity contribution in [3.63, 3.8) is 0 Å². The molecule has 0 bridgehead atoms. The number of rotatable bonds is 5. The highest BCUT2D eigenvalue weighted by Gasteiger charge is 2.12. The van der Waals surface area contributed by atoms with Crippen LogP contribution in [-0.4, -0.2) is 23.1 Å². The Kier molecular flexibility index (Phi) is 5.45. The van der Waals surface area contributed by atoms with Crippen molar-refractivity contribution >= 4 is 23.5 Å². The molecular weight excluding hydrogens is 184 g/mol. The van der Waals surface area contributed by atoms with Crippen LogP contribution in [0.5, 0.6) is 0 Å². The van der Waals surface area contributed by atoms with Gasteiger partial charge in [0.05, 0.1) is 0 Å². The number of esters is 1. The van der Waals surface area contributed by atoms with E-state index in [2.05, 4.69) is 4.74 Å². The first-order valence-electron chi connectivity index (χ1n) is 3.49. The number of hydrogen-bond donors (Lipinski definition) is 1. The Morgan fingerprint density at radius 3 is 2.50 bits per heavy atom. The lowest BCUT2D eigenvalue weighted by molar-refractivity contribution is -0.143. The van der Waals surface area contributed by atoms with Crippen molar-refractivity contribution in [3.05, 3.63) is 0 Å². The normalized spacial score (nSPS) is 12.2. The summed E-state index contributed by atoms with van der Waals surface area (Å²) in [7, 11) is 0. The molecule has 5 heteroatoms. The van der Waals surface area contributed by atoms with Crippen LogP contribution in [0, 0.1) is 5.92 Å². The molecule has 12 heavy (non-hydrogen) atoms. The number of halogens is 1. The van der Waals surface area contributed by atoms with E-state index in [1.54, 1.807) is 6.92 Å². The molecule has 0 aliphatic carbocycles. The number of carbonyl (C=O) groups is 2. The third kappa shape index (κ3) is 5.97.